The summed E-state index contributed by atoms with van der Waals surface area (Å²) in [5.41, 5.74) is 5.01. The number of allylic oxidation sites excluding steroid dienone is 4. The van der Waals surface area contributed by atoms with Crippen LogP contribution in [0.15, 0.2) is 51.0 Å². The van der Waals surface area contributed by atoms with Crippen LogP contribution < -0.4 is 16.0 Å². The summed E-state index contributed by atoms with van der Waals surface area (Å²) in [6.07, 6.45) is 6.99. The summed E-state index contributed by atoms with van der Waals surface area (Å²) in [4.78, 5) is 15.1. The second-order valence-electron chi connectivity index (χ2n) is 10.3. The molecule has 1 amide bonds. The number of nitrogens with zero attached hydrogens (tertiary/aromatic N) is 2. The van der Waals surface area contributed by atoms with Crippen LogP contribution in [0.3, 0.4) is 0 Å². The molecule has 0 saturated carbocycles. The predicted octanol–water partition coefficient (Wildman–Crippen LogP) is 2.44. The molecule has 3 aliphatic rings. The lowest BCUT2D eigenvalue weighted by Crippen LogP contribution is -2.37. The van der Waals surface area contributed by atoms with Crippen LogP contribution in [0.4, 0.5) is 0 Å². The maximum atomic E-state index is 12.9. The van der Waals surface area contributed by atoms with E-state index in [0.29, 0.717) is 42.3 Å². The molecule has 0 bridgehead atoms. The molecule has 0 radical (unpaired) electrons. The quantitative estimate of drug-likeness (QED) is 0.478. The van der Waals surface area contributed by atoms with Gasteiger partial charge in [-0.3, -0.25) is 9.69 Å². The monoisotopic (exact) mass is 543 g/mol. The van der Waals surface area contributed by atoms with E-state index in [4.69, 9.17) is 4.52 Å². The second kappa shape index (κ2) is 11.3. The minimum Gasteiger partial charge on any atom is -0.508 e. The molecule has 0 saturated heterocycles. The molecular weight excluding hydrogens is 506 g/mol. The molecule has 0 spiro atoms. The zero-order valence-corrected chi connectivity index (χ0v) is 23.3. The second-order valence-corrected chi connectivity index (χ2v) is 12.7. The summed E-state index contributed by atoms with van der Waals surface area (Å²) in [6.45, 7) is 9.83. The van der Waals surface area contributed by atoms with Crippen molar-refractivity contribution in [3.8, 4) is 0 Å². The molecule has 9 nitrogen and oxygen atoms in total. The first-order valence-corrected chi connectivity index (χ1v) is 15.0. The third-order valence-electron chi connectivity index (χ3n) is 7.44. The lowest BCUT2D eigenvalue weighted by atomic mass is 9.86. The number of carbonyl (C=O) groups is 1. The van der Waals surface area contributed by atoms with Gasteiger partial charge in [-0.05, 0) is 42.4 Å². The number of aromatic nitrogens is 1. The van der Waals surface area contributed by atoms with Crippen LogP contribution in [-0.2, 0) is 9.84 Å². The van der Waals surface area contributed by atoms with Gasteiger partial charge < -0.3 is 20.1 Å². The lowest BCUT2D eigenvalue weighted by Gasteiger charge is -2.31. The first-order chi connectivity index (χ1) is 18.0. The molecule has 1 aliphatic heterocycles. The van der Waals surface area contributed by atoms with Gasteiger partial charge in [-0.2, -0.15) is 0 Å². The Labute approximate surface area is 223 Å². The summed E-state index contributed by atoms with van der Waals surface area (Å²) >= 11 is 0. The minimum absolute atomic E-state index is 0.0461. The molecule has 2 heterocycles. The molecule has 38 heavy (non-hydrogen) atoms. The molecule has 2 aliphatic carbocycles. The summed E-state index contributed by atoms with van der Waals surface area (Å²) in [7, 11) is -3.02. The number of hydrogen-bond donors (Lipinski definition) is 3. The third kappa shape index (κ3) is 5.81. The van der Waals surface area contributed by atoms with Gasteiger partial charge >= 0.3 is 0 Å². The molecule has 206 valence electrons. The smallest absolute Gasteiger partial charge is 0.274 e. The van der Waals surface area contributed by atoms with E-state index in [9.17, 15) is 23.4 Å². The van der Waals surface area contributed by atoms with Crippen molar-refractivity contribution in [3.63, 3.8) is 0 Å². The Morgan fingerprint density at radius 2 is 1.92 bits per heavy atom. The highest BCUT2D eigenvalue weighted by molar-refractivity contribution is 7.91. The fourth-order valence-corrected chi connectivity index (χ4v) is 5.92. The molecule has 4 rings (SSSR count). The normalized spacial score (nSPS) is 21.7. The van der Waals surface area contributed by atoms with Gasteiger partial charge in [0.2, 0.25) is 0 Å². The number of amides is 1. The minimum atomic E-state index is -3.02. The molecule has 10 heteroatoms. The summed E-state index contributed by atoms with van der Waals surface area (Å²) in [6, 6.07) is 0. The van der Waals surface area contributed by atoms with Crippen LogP contribution in [0.5, 0.6) is 0 Å². The van der Waals surface area contributed by atoms with Crippen LogP contribution in [0.1, 0.15) is 57.4 Å². The van der Waals surface area contributed by atoms with E-state index >= 15 is 0 Å². The topological polar surface area (TPSA) is 133 Å². The van der Waals surface area contributed by atoms with E-state index in [1.807, 2.05) is 32.9 Å². The average Bonchev–Trinajstić information content (AvgIpc) is 3.32. The summed E-state index contributed by atoms with van der Waals surface area (Å²) < 4.78 is 29.6. The number of nitrogens with one attached hydrogen (secondary N) is 1. The number of rotatable bonds is 7. The highest BCUT2D eigenvalue weighted by atomic mass is 32.2. The van der Waals surface area contributed by atoms with Crippen molar-refractivity contribution in [3.05, 3.63) is 62.8 Å². The van der Waals surface area contributed by atoms with Crippen molar-refractivity contribution in [2.24, 2.45) is 5.92 Å². The van der Waals surface area contributed by atoms with Crippen molar-refractivity contribution in [2.75, 3.05) is 37.7 Å². The molecule has 0 aromatic carbocycles. The molecule has 0 fully saturated rings. The zero-order valence-electron chi connectivity index (χ0n) is 22.5. The lowest BCUT2D eigenvalue weighted by molar-refractivity contribution is 0.0945. The van der Waals surface area contributed by atoms with Crippen molar-refractivity contribution in [2.45, 2.75) is 47.0 Å². The van der Waals surface area contributed by atoms with E-state index in [0.717, 1.165) is 29.7 Å². The van der Waals surface area contributed by atoms with E-state index in [1.54, 1.807) is 6.92 Å². The highest BCUT2D eigenvalue weighted by Gasteiger charge is 2.27. The zero-order chi connectivity index (χ0) is 27.6. The first kappa shape index (κ1) is 27.9. The van der Waals surface area contributed by atoms with Crippen LogP contribution in [-0.4, -0.2) is 72.3 Å². The number of carbonyl (C=O) groups excluding carboxylic acids is 1. The first-order valence-electron chi connectivity index (χ1n) is 13.2. The highest BCUT2D eigenvalue weighted by Crippen LogP contribution is 2.32. The van der Waals surface area contributed by atoms with E-state index < -0.39 is 9.84 Å². The van der Waals surface area contributed by atoms with Gasteiger partial charge in [0.1, 0.15) is 11.5 Å². The number of aliphatic hydroxyl groups is 2. The number of aliphatic hydroxyl groups excluding tert-OH is 2. The van der Waals surface area contributed by atoms with Gasteiger partial charge in [-0.15, -0.1) is 0 Å². The van der Waals surface area contributed by atoms with Gasteiger partial charge in [0.25, 0.3) is 5.91 Å². The van der Waals surface area contributed by atoms with Crippen LogP contribution in [0.2, 0.25) is 0 Å². The maximum Gasteiger partial charge on any atom is 0.274 e. The molecule has 1 aromatic rings. The fourth-order valence-electron chi connectivity index (χ4n) is 5.09. The van der Waals surface area contributed by atoms with Crippen LogP contribution in [0, 0.1) is 5.92 Å². The standard InChI is InChI=1S/C28H37N3O6S/c1-5-29-28(34)26-25(27(37-30-26)22-14-21(17(3)4)23(32)15-24(22)33)19-7-8-20-16-31(10-9-18(20)13-19)11-12-38(35,36)6-2/h7-8,15,17,32-33H,5-6,9-14,16H2,1-4H3,(H,29,34). The maximum absolute atomic E-state index is 12.9. The largest absolute Gasteiger partial charge is 0.508 e. The van der Waals surface area contributed by atoms with Gasteiger partial charge in [0, 0.05) is 50.0 Å². The molecule has 0 unspecified atom stereocenters. The molecular formula is C28H37N3O6S. The van der Waals surface area contributed by atoms with Gasteiger partial charge in [-0.25, -0.2) is 8.42 Å². The Hall–Kier alpha value is -3.11. The number of hydrogen-bond acceptors (Lipinski definition) is 8. The van der Waals surface area contributed by atoms with E-state index in [2.05, 4.69) is 15.4 Å². The Bertz CT molecular complexity index is 1470. The molecule has 1 aromatic heterocycles. The Kier molecular flexibility index (Phi) is 8.32. The van der Waals surface area contributed by atoms with E-state index in [1.165, 1.54) is 11.6 Å². The van der Waals surface area contributed by atoms with Crippen LogP contribution in [0.25, 0.3) is 11.1 Å². The molecule has 0 atom stereocenters. The summed E-state index contributed by atoms with van der Waals surface area (Å²) in [5.74, 6) is -0.0546. The SMILES string of the molecule is CCNC(=O)c1noc(=C2CC(C(C)C)=C(O)C=C2O)c1=C1C=CC2=C(CCN(CCS(=O)(=O)CC)C2)C1. The fraction of sp³-hybridized carbons (Fsp3) is 0.500. The van der Waals surface area contributed by atoms with Gasteiger partial charge in [0.15, 0.2) is 20.9 Å². The van der Waals surface area contributed by atoms with Crippen molar-refractivity contribution in [1.82, 2.24) is 15.4 Å². The summed E-state index contributed by atoms with van der Waals surface area (Å²) in [5, 5.41) is 28.6. The predicted molar refractivity (Wildman–Crippen MR) is 147 cm³/mol. The Morgan fingerprint density at radius 1 is 1.18 bits per heavy atom. The Balaban J connectivity index is 1.76. The van der Waals surface area contributed by atoms with Crippen molar-refractivity contribution < 1.29 is 27.9 Å². The molecule has 3 N–H and O–H groups in total. The van der Waals surface area contributed by atoms with Gasteiger partial charge in [-0.1, -0.05) is 43.7 Å². The average molecular weight is 544 g/mol. The van der Waals surface area contributed by atoms with Crippen LogP contribution >= 0.6 is 0 Å². The van der Waals surface area contributed by atoms with Gasteiger partial charge in [0.05, 0.1) is 11.0 Å². The Morgan fingerprint density at radius 3 is 2.61 bits per heavy atom. The van der Waals surface area contributed by atoms with Crippen molar-refractivity contribution in [1.29, 1.82) is 0 Å². The van der Waals surface area contributed by atoms with E-state index in [-0.39, 0.29) is 47.0 Å². The third-order valence-corrected chi connectivity index (χ3v) is 9.13. The van der Waals surface area contributed by atoms with Crippen molar-refractivity contribution >= 4 is 26.9 Å². The number of sulfone groups is 1.